The first-order valence-electron chi connectivity index (χ1n) is 6.25. The van der Waals surface area contributed by atoms with Crippen molar-refractivity contribution in [2.45, 2.75) is 52.0 Å². The Morgan fingerprint density at radius 3 is 2.50 bits per heavy atom. The molecule has 1 aromatic rings. The second-order valence-electron chi connectivity index (χ2n) is 4.93. The molecular formula is C13H22N2S. The molecule has 1 aliphatic carbocycles. The Labute approximate surface area is 102 Å². The van der Waals surface area contributed by atoms with E-state index in [-0.39, 0.29) is 0 Å². The zero-order chi connectivity index (χ0) is 11.5. The van der Waals surface area contributed by atoms with Crippen molar-refractivity contribution in [3.8, 4) is 0 Å². The summed E-state index contributed by atoms with van der Waals surface area (Å²) in [4.78, 5) is 2.84. The molecule has 1 aromatic heterocycles. The zero-order valence-corrected chi connectivity index (χ0v) is 11.1. The van der Waals surface area contributed by atoms with E-state index in [0.29, 0.717) is 6.04 Å². The minimum Gasteiger partial charge on any atom is -0.271 e. The normalized spacial score (nSPS) is 19.9. The van der Waals surface area contributed by atoms with Crippen LogP contribution >= 0.6 is 11.3 Å². The second kappa shape index (κ2) is 5.30. The molecule has 0 aliphatic heterocycles. The van der Waals surface area contributed by atoms with E-state index in [1.54, 1.807) is 0 Å². The van der Waals surface area contributed by atoms with Gasteiger partial charge in [0.2, 0.25) is 0 Å². The Hall–Kier alpha value is -0.380. The molecule has 0 aromatic carbocycles. The van der Waals surface area contributed by atoms with Crippen molar-refractivity contribution in [1.82, 2.24) is 5.43 Å². The highest BCUT2D eigenvalue weighted by Crippen LogP contribution is 2.37. The third kappa shape index (κ3) is 2.47. The quantitative estimate of drug-likeness (QED) is 0.625. The topological polar surface area (TPSA) is 38.0 Å². The summed E-state index contributed by atoms with van der Waals surface area (Å²) in [7, 11) is 0. The third-order valence-corrected chi connectivity index (χ3v) is 5.03. The lowest BCUT2D eigenvalue weighted by Gasteiger charge is -2.29. The van der Waals surface area contributed by atoms with Crippen LogP contribution in [0.3, 0.4) is 0 Å². The lowest BCUT2D eigenvalue weighted by Crippen LogP contribution is -2.34. The minimum atomic E-state index is 0.373. The Balaban J connectivity index is 2.14. The molecule has 0 radical (unpaired) electrons. The summed E-state index contributed by atoms with van der Waals surface area (Å²) in [6, 6.07) is 2.68. The molecule has 3 N–H and O–H groups in total. The van der Waals surface area contributed by atoms with Gasteiger partial charge in [-0.3, -0.25) is 11.3 Å². The fraction of sp³-hybridized carbons (Fsp3) is 0.692. The first-order chi connectivity index (χ1) is 7.72. The predicted octanol–water partition coefficient (Wildman–Crippen LogP) is 3.45. The van der Waals surface area contributed by atoms with Gasteiger partial charge >= 0.3 is 0 Å². The summed E-state index contributed by atoms with van der Waals surface area (Å²) < 4.78 is 0. The van der Waals surface area contributed by atoms with Crippen LogP contribution in [-0.4, -0.2) is 0 Å². The number of nitrogens with two attached hydrogens (primary N) is 1. The van der Waals surface area contributed by atoms with Crippen LogP contribution in [0.25, 0.3) is 0 Å². The van der Waals surface area contributed by atoms with Crippen molar-refractivity contribution in [1.29, 1.82) is 0 Å². The van der Waals surface area contributed by atoms with E-state index in [2.05, 4.69) is 25.3 Å². The van der Waals surface area contributed by atoms with E-state index in [0.717, 1.165) is 5.92 Å². The van der Waals surface area contributed by atoms with Crippen LogP contribution in [0.5, 0.6) is 0 Å². The maximum atomic E-state index is 5.75. The number of thiophene rings is 1. The molecule has 1 atom stereocenters. The number of aryl methyl sites for hydroxylation is 2. The van der Waals surface area contributed by atoms with Crippen LogP contribution in [0.2, 0.25) is 0 Å². The van der Waals surface area contributed by atoms with Gasteiger partial charge in [0.15, 0.2) is 0 Å². The van der Waals surface area contributed by atoms with Gasteiger partial charge in [-0.2, -0.15) is 0 Å². The van der Waals surface area contributed by atoms with Gasteiger partial charge in [-0.25, -0.2) is 0 Å². The van der Waals surface area contributed by atoms with E-state index < -0.39 is 0 Å². The molecule has 0 saturated heterocycles. The largest absolute Gasteiger partial charge is 0.271 e. The molecular weight excluding hydrogens is 216 g/mol. The standard InChI is InChI=1S/C13H22N2S/c1-9-8-12(16-10(9)2)13(15-14)11-6-4-3-5-7-11/h8,11,13,15H,3-7,14H2,1-2H3. The summed E-state index contributed by atoms with van der Waals surface area (Å²) in [6.45, 7) is 4.38. The van der Waals surface area contributed by atoms with Crippen LogP contribution in [0, 0.1) is 19.8 Å². The van der Waals surface area contributed by atoms with E-state index in [1.165, 1.54) is 47.4 Å². The van der Waals surface area contributed by atoms with Gasteiger partial charge < -0.3 is 0 Å². The molecule has 90 valence electrons. The molecule has 1 heterocycles. The van der Waals surface area contributed by atoms with E-state index in [9.17, 15) is 0 Å². The van der Waals surface area contributed by atoms with Gasteiger partial charge in [0, 0.05) is 9.75 Å². The highest BCUT2D eigenvalue weighted by atomic mass is 32.1. The molecule has 0 amide bonds. The minimum absolute atomic E-state index is 0.373. The first-order valence-corrected chi connectivity index (χ1v) is 7.07. The average molecular weight is 238 g/mol. The van der Waals surface area contributed by atoms with Crippen molar-refractivity contribution in [3.63, 3.8) is 0 Å². The highest BCUT2D eigenvalue weighted by molar-refractivity contribution is 7.12. The van der Waals surface area contributed by atoms with Gasteiger partial charge in [-0.05, 0) is 44.2 Å². The van der Waals surface area contributed by atoms with Crippen LogP contribution in [0.4, 0.5) is 0 Å². The number of hydrazine groups is 1. The molecule has 1 unspecified atom stereocenters. The summed E-state index contributed by atoms with van der Waals surface area (Å²) >= 11 is 1.90. The molecule has 0 bridgehead atoms. The van der Waals surface area contributed by atoms with Gasteiger partial charge in [0.25, 0.3) is 0 Å². The van der Waals surface area contributed by atoms with E-state index in [1.807, 2.05) is 11.3 Å². The predicted molar refractivity (Wildman–Crippen MR) is 70.4 cm³/mol. The summed E-state index contributed by atoms with van der Waals surface area (Å²) in [5, 5.41) is 0. The van der Waals surface area contributed by atoms with Crippen molar-refractivity contribution in [3.05, 3.63) is 21.4 Å². The van der Waals surface area contributed by atoms with Crippen LogP contribution < -0.4 is 11.3 Å². The lowest BCUT2D eigenvalue weighted by molar-refractivity contribution is 0.276. The first kappa shape index (κ1) is 12.1. The molecule has 0 spiro atoms. The number of hydrogen-bond donors (Lipinski definition) is 2. The van der Waals surface area contributed by atoms with Crippen molar-refractivity contribution < 1.29 is 0 Å². The van der Waals surface area contributed by atoms with Crippen molar-refractivity contribution >= 4 is 11.3 Å². The fourth-order valence-corrected chi connectivity index (χ4v) is 3.87. The summed E-state index contributed by atoms with van der Waals surface area (Å²) in [6.07, 6.45) is 6.78. The molecule has 1 fully saturated rings. The number of hydrogen-bond acceptors (Lipinski definition) is 3. The zero-order valence-electron chi connectivity index (χ0n) is 10.3. The van der Waals surface area contributed by atoms with E-state index in [4.69, 9.17) is 5.84 Å². The van der Waals surface area contributed by atoms with Crippen LogP contribution in [0.1, 0.15) is 53.5 Å². The molecule has 2 nitrogen and oxygen atoms in total. The van der Waals surface area contributed by atoms with Crippen molar-refractivity contribution in [2.75, 3.05) is 0 Å². The van der Waals surface area contributed by atoms with Crippen LogP contribution in [0.15, 0.2) is 6.07 Å². The monoisotopic (exact) mass is 238 g/mol. The maximum absolute atomic E-state index is 5.75. The second-order valence-corrected chi connectivity index (χ2v) is 6.22. The summed E-state index contributed by atoms with van der Waals surface area (Å²) in [5.74, 6) is 6.48. The average Bonchev–Trinajstić information content (AvgIpc) is 2.61. The maximum Gasteiger partial charge on any atom is 0.0581 e. The lowest BCUT2D eigenvalue weighted by atomic mass is 9.83. The number of rotatable bonds is 3. The van der Waals surface area contributed by atoms with Gasteiger partial charge in [-0.1, -0.05) is 19.3 Å². The molecule has 2 rings (SSSR count). The van der Waals surface area contributed by atoms with Gasteiger partial charge in [0.05, 0.1) is 6.04 Å². The van der Waals surface area contributed by atoms with Gasteiger partial charge in [0.1, 0.15) is 0 Å². The highest BCUT2D eigenvalue weighted by Gasteiger charge is 2.25. The van der Waals surface area contributed by atoms with Crippen molar-refractivity contribution in [2.24, 2.45) is 11.8 Å². The fourth-order valence-electron chi connectivity index (χ4n) is 2.67. The Morgan fingerprint density at radius 1 is 1.31 bits per heavy atom. The van der Waals surface area contributed by atoms with Gasteiger partial charge in [-0.15, -0.1) is 11.3 Å². The Morgan fingerprint density at radius 2 is 2.00 bits per heavy atom. The summed E-state index contributed by atoms with van der Waals surface area (Å²) in [5.41, 5.74) is 4.44. The molecule has 1 saturated carbocycles. The SMILES string of the molecule is Cc1cc(C(NN)C2CCCCC2)sc1C. The Bertz CT molecular complexity index is 320. The van der Waals surface area contributed by atoms with Crippen LogP contribution in [-0.2, 0) is 0 Å². The van der Waals surface area contributed by atoms with E-state index >= 15 is 0 Å². The smallest absolute Gasteiger partial charge is 0.0581 e. The molecule has 1 aliphatic rings. The molecule has 3 heteroatoms. The Kier molecular flexibility index (Phi) is 4.00. The number of nitrogens with one attached hydrogen (secondary N) is 1. The third-order valence-electron chi connectivity index (χ3n) is 3.79. The molecule has 16 heavy (non-hydrogen) atoms.